The molecule has 4 nitrogen and oxygen atoms in total. The molecule has 0 amide bonds. The first-order chi connectivity index (χ1) is 11.9. The van der Waals surface area contributed by atoms with Crippen molar-refractivity contribution in [2.45, 2.75) is 78.1 Å². The molecule has 24 heavy (non-hydrogen) atoms. The molecule has 0 spiro atoms. The first-order valence-corrected chi connectivity index (χ1v) is 10.2. The first kappa shape index (κ1) is 23.8. The van der Waals surface area contributed by atoms with Gasteiger partial charge in [0.05, 0.1) is 39.6 Å². The predicted octanol–water partition coefficient (Wildman–Crippen LogP) is 4.99. The lowest BCUT2D eigenvalue weighted by Crippen LogP contribution is -2.12. The van der Waals surface area contributed by atoms with Gasteiger partial charge in [0.15, 0.2) is 0 Å². The molecule has 0 saturated heterocycles. The molecule has 0 aliphatic rings. The van der Waals surface area contributed by atoms with Gasteiger partial charge in [-0.15, -0.1) is 0 Å². The number of ether oxygens (including phenoxy) is 4. The molecule has 0 aromatic carbocycles. The van der Waals surface area contributed by atoms with Crippen molar-refractivity contribution in [1.82, 2.24) is 0 Å². The summed E-state index contributed by atoms with van der Waals surface area (Å²) in [6, 6.07) is 0. The van der Waals surface area contributed by atoms with Crippen molar-refractivity contribution in [3.05, 3.63) is 0 Å². The minimum atomic E-state index is 0.636. The maximum Gasteiger partial charge on any atom is 0.0701 e. The number of hydrogen-bond acceptors (Lipinski definition) is 4. The third kappa shape index (κ3) is 21.8. The molecule has 0 aliphatic heterocycles. The Morgan fingerprint density at radius 2 is 0.625 bits per heavy atom. The standard InChI is InChI=1S/C20H42O4/c1-3-5-7-9-11-13-21-15-17-23-19-20-24-18-16-22-14-12-10-8-6-4-2/h3-20H2,1-2H3. The molecule has 146 valence electrons. The summed E-state index contributed by atoms with van der Waals surface area (Å²) in [6.45, 7) is 10.2. The van der Waals surface area contributed by atoms with E-state index in [4.69, 9.17) is 18.9 Å². The fourth-order valence-corrected chi connectivity index (χ4v) is 2.38. The number of rotatable bonds is 21. The van der Waals surface area contributed by atoms with Crippen LogP contribution < -0.4 is 0 Å². The van der Waals surface area contributed by atoms with Gasteiger partial charge >= 0.3 is 0 Å². The molecule has 0 bridgehead atoms. The van der Waals surface area contributed by atoms with Crippen LogP contribution in [0, 0.1) is 0 Å². The van der Waals surface area contributed by atoms with Crippen LogP contribution in [-0.2, 0) is 18.9 Å². The van der Waals surface area contributed by atoms with E-state index in [-0.39, 0.29) is 0 Å². The van der Waals surface area contributed by atoms with Crippen molar-refractivity contribution in [2.75, 3.05) is 52.9 Å². The summed E-state index contributed by atoms with van der Waals surface area (Å²) in [7, 11) is 0. The molecular weight excluding hydrogens is 304 g/mol. The van der Waals surface area contributed by atoms with Crippen molar-refractivity contribution >= 4 is 0 Å². The van der Waals surface area contributed by atoms with Gasteiger partial charge in [-0.1, -0.05) is 65.2 Å². The predicted molar refractivity (Wildman–Crippen MR) is 101 cm³/mol. The van der Waals surface area contributed by atoms with E-state index in [0.717, 1.165) is 13.2 Å². The van der Waals surface area contributed by atoms with E-state index in [1.807, 2.05) is 0 Å². The van der Waals surface area contributed by atoms with Crippen LogP contribution in [0.5, 0.6) is 0 Å². The van der Waals surface area contributed by atoms with E-state index in [2.05, 4.69) is 13.8 Å². The summed E-state index contributed by atoms with van der Waals surface area (Å²) in [5.41, 5.74) is 0. The minimum Gasteiger partial charge on any atom is -0.379 e. The highest BCUT2D eigenvalue weighted by Gasteiger charge is 1.94. The maximum absolute atomic E-state index is 5.54. The first-order valence-electron chi connectivity index (χ1n) is 10.2. The molecule has 0 aromatic heterocycles. The van der Waals surface area contributed by atoms with Crippen LogP contribution in [0.1, 0.15) is 78.1 Å². The molecule has 0 unspecified atom stereocenters. The van der Waals surface area contributed by atoms with Crippen LogP contribution >= 0.6 is 0 Å². The van der Waals surface area contributed by atoms with Gasteiger partial charge in [-0.2, -0.15) is 0 Å². The average molecular weight is 347 g/mol. The highest BCUT2D eigenvalue weighted by Crippen LogP contribution is 2.02. The van der Waals surface area contributed by atoms with Gasteiger partial charge in [-0.25, -0.2) is 0 Å². The average Bonchev–Trinajstić information content (AvgIpc) is 2.60. The lowest BCUT2D eigenvalue weighted by molar-refractivity contribution is -0.00248. The Morgan fingerprint density at radius 3 is 0.958 bits per heavy atom. The lowest BCUT2D eigenvalue weighted by atomic mass is 10.2. The summed E-state index contributed by atoms with van der Waals surface area (Å²) < 4.78 is 22.0. The summed E-state index contributed by atoms with van der Waals surface area (Å²) in [6.07, 6.45) is 12.8. The summed E-state index contributed by atoms with van der Waals surface area (Å²) in [4.78, 5) is 0. The zero-order valence-electron chi connectivity index (χ0n) is 16.4. The molecule has 0 aromatic rings. The van der Waals surface area contributed by atoms with Gasteiger partial charge < -0.3 is 18.9 Å². The topological polar surface area (TPSA) is 36.9 Å². The van der Waals surface area contributed by atoms with Crippen LogP contribution in [0.3, 0.4) is 0 Å². The molecule has 0 fully saturated rings. The Bertz CT molecular complexity index is 190. The van der Waals surface area contributed by atoms with Crippen LogP contribution in [0.2, 0.25) is 0 Å². The third-order valence-corrected chi connectivity index (χ3v) is 3.90. The van der Waals surface area contributed by atoms with E-state index in [0.29, 0.717) is 39.6 Å². The Kier molecular flexibility index (Phi) is 22.7. The highest BCUT2D eigenvalue weighted by atomic mass is 16.6. The quantitative estimate of drug-likeness (QED) is 0.274. The summed E-state index contributed by atoms with van der Waals surface area (Å²) >= 11 is 0. The van der Waals surface area contributed by atoms with Crippen molar-refractivity contribution < 1.29 is 18.9 Å². The van der Waals surface area contributed by atoms with Gasteiger partial charge in [-0.05, 0) is 12.8 Å². The Labute approximate surface area is 150 Å². The molecular formula is C20H42O4. The van der Waals surface area contributed by atoms with Gasteiger partial charge in [0.25, 0.3) is 0 Å². The molecule has 0 N–H and O–H groups in total. The zero-order chi connectivity index (χ0) is 17.6. The van der Waals surface area contributed by atoms with Crippen molar-refractivity contribution in [2.24, 2.45) is 0 Å². The normalized spacial score (nSPS) is 11.2. The molecule has 0 aliphatic carbocycles. The molecule has 0 radical (unpaired) electrons. The van der Waals surface area contributed by atoms with Crippen LogP contribution in [0.4, 0.5) is 0 Å². The van der Waals surface area contributed by atoms with Crippen molar-refractivity contribution in [3.8, 4) is 0 Å². The highest BCUT2D eigenvalue weighted by molar-refractivity contribution is 4.43. The van der Waals surface area contributed by atoms with Crippen LogP contribution in [0.15, 0.2) is 0 Å². The number of unbranched alkanes of at least 4 members (excludes halogenated alkanes) is 8. The molecule has 0 heterocycles. The van der Waals surface area contributed by atoms with Gasteiger partial charge in [0.1, 0.15) is 0 Å². The molecule has 0 saturated carbocycles. The van der Waals surface area contributed by atoms with E-state index in [9.17, 15) is 0 Å². The van der Waals surface area contributed by atoms with Crippen molar-refractivity contribution in [3.63, 3.8) is 0 Å². The van der Waals surface area contributed by atoms with Crippen molar-refractivity contribution in [1.29, 1.82) is 0 Å². The second-order valence-corrected chi connectivity index (χ2v) is 6.28. The summed E-state index contributed by atoms with van der Waals surface area (Å²) in [5, 5.41) is 0. The van der Waals surface area contributed by atoms with Crippen LogP contribution in [-0.4, -0.2) is 52.9 Å². The Balaban J connectivity index is 2.93. The number of hydrogen-bond donors (Lipinski definition) is 0. The Hall–Kier alpha value is -0.160. The smallest absolute Gasteiger partial charge is 0.0701 e. The lowest BCUT2D eigenvalue weighted by Gasteiger charge is -2.07. The fourth-order valence-electron chi connectivity index (χ4n) is 2.38. The maximum atomic E-state index is 5.54. The van der Waals surface area contributed by atoms with E-state index in [1.54, 1.807) is 0 Å². The fraction of sp³-hybridized carbons (Fsp3) is 1.00. The summed E-state index contributed by atoms with van der Waals surface area (Å²) in [5.74, 6) is 0. The van der Waals surface area contributed by atoms with E-state index < -0.39 is 0 Å². The minimum absolute atomic E-state index is 0.636. The molecule has 0 rings (SSSR count). The SMILES string of the molecule is CCCCCCCOCCOCCOCCOCCCCCCC. The van der Waals surface area contributed by atoms with Gasteiger partial charge in [0.2, 0.25) is 0 Å². The van der Waals surface area contributed by atoms with Gasteiger partial charge in [0, 0.05) is 13.2 Å². The van der Waals surface area contributed by atoms with Crippen LogP contribution in [0.25, 0.3) is 0 Å². The van der Waals surface area contributed by atoms with E-state index >= 15 is 0 Å². The Morgan fingerprint density at radius 1 is 0.333 bits per heavy atom. The third-order valence-electron chi connectivity index (χ3n) is 3.90. The zero-order valence-corrected chi connectivity index (χ0v) is 16.4. The largest absolute Gasteiger partial charge is 0.379 e. The molecule has 4 heteroatoms. The molecule has 0 atom stereocenters. The van der Waals surface area contributed by atoms with Gasteiger partial charge in [-0.3, -0.25) is 0 Å². The monoisotopic (exact) mass is 346 g/mol. The van der Waals surface area contributed by atoms with E-state index in [1.165, 1.54) is 64.2 Å². The second kappa shape index (κ2) is 22.8. The second-order valence-electron chi connectivity index (χ2n) is 6.28.